The number of carbonyl (C=O) groups is 1. The first kappa shape index (κ1) is 16.4. The van der Waals surface area contributed by atoms with E-state index in [4.69, 9.17) is 0 Å². The molecule has 2 aromatic heterocycles. The van der Waals surface area contributed by atoms with Gasteiger partial charge in [0.25, 0.3) is 5.91 Å². The number of amides is 1. The molecule has 128 valence electrons. The number of aromatic amines is 2. The average Bonchev–Trinajstić information content (AvgIpc) is 3.04. The molecular weight excluding hydrogens is 306 g/mol. The Labute approximate surface area is 140 Å². The molecule has 1 aliphatic rings. The van der Waals surface area contributed by atoms with E-state index in [-0.39, 0.29) is 23.4 Å². The van der Waals surface area contributed by atoms with Gasteiger partial charge in [0.05, 0.1) is 11.6 Å². The maximum atomic E-state index is 13.0. The Morgan fingerprint density at radius 2 is 2.12 bits per heavy atom. The Kier molecular flexibility index (Phi) is 4.51. The quantitative estimate of drug-likeness (QED) is 0.903. The second kappa shape index (κ2) is 6.59. The van der Waals surface area contributed by atoms with Crippen LogP contribution in [0, 0.1) is 6.92 Å². The summed E-state index contributed by atoms with van der Waals surface area (Å²) in [6.45, 7) is 6.51. The van der Waals surface area contributed by atoms with E-state index in [2.05, 4.69) is 20.2 Å². The van der Waals surface area contributed by atoms with E-state index in [9.17, 15) is 9.59 Å². The van der Waals surface area contributed by atoms with Gasteiger partial charge in [-0.2, -0.15) is 5.10 Å². The zero-order valence-electron chi connectivity index (χ0n) is 14.3. The fourth-order valence-electron chi connectivity index (χ4n) is 3.12. The van der Waals surface area contributed by atoms with Crippen LogP contribution in [0.2, 0.25) is 0 Å². The Morgan fingerprint density at radius 3 is 2.79 bits per heavy atom. The number of pyridine rings is 1. The van der Waals surface area contributed by atoms with E-state index in [1.165, 1.54) is 6.07 Å². The summed E-state index contributed by atoms with van der Waals surface area (Å²) < 4.78 is 0. The van der Waals surface area contributed by atoms with Crippen LogP contribution in [0.3, 0.4) is 0 Å². The average molecular weight is 329 g/mol. The lowest BCUT2D eigenvalue weighted by Crippen LogP contribution is -2.39. The van der Waals surface area contributed by atoms with Gasteiger partial charge in [0.15, 0.2) is 5.82 Å². The van der Waals surface area contributed by atoms with Crippen LogP contribution in [0.5, 0.6) is 0 Å². The molecule has 3 heterocycles. The number of hydrogen-bond acceptors (Lipinski definition) is 4. The summed E-state index contributed by atoms with van der Waals surface area (Å²) in [5.74, 6) is 1.68. The van der Waals surface area contributed by atoms with E-state index in [0.29, 0.717) is 17.8 Å². The lowest BCUT2D eigenvalue weighted by atomic mass is 10.00. The van der Waals surface area contributed by atoms with Crippen LogP contribution >= 0.6 is 0 Å². The van der Waals surface area contributed by atoms with Crippen molar-refractivity contribution in [2.24, 2.45) is 0 Å². The van der Waals surface area contributed by atoms with Crippen molar-refractivity contribution in [3.8, 4) is 0 Å². The summed E-state index contributed by atoms with van der Waals surface area (Å²) in [5, 5.41) is 7.27. The number of H-pyrrole nitrogens is 2. The second-order valence-electron chi connectivity index (χ2n) is 6.60. The van der Waals surface area contributed by atoms with E-state index in [1.54, 1.807) is 13.0 Å². The SMILES string of the molecule is Cc1[nH]c(=O)ccc1C(=O)N1CCCC[C@@H]1c1nc(C(C)C)n[nH]1. The van der Waals surface area contributed by atoms with Gasteiger partial charge in [0.1, 0.15) is 5.82 Å². The fraction of sp³-hybridized carbons (Fsp3) is 0.529. The number of carbonyl (C=O) groups excluding carboxylic acids is 1. The first-order valence-corrected chi connectivity index (χ1v) is 8.40. The lowest BCUT2D eigenvalue weighted by Gasteiger charge is -2.34. The first-order valence-electron chi connectivity index (χ1n) is 8.40. The monoisotopic (exact) mass is 329 g/mol. The fourth-order valence-corrected chi connectivity index (χ4v) is 3.12. The molecule has 24 heavy (non-hydrogen) atoms. The van der Waals surface area contributed by atoms with Crippen LogP contribution in [0.15, 0.2) is 16.9 Å². The highest BCUT2D eigenvalue weighted by atomic mass is 16.2. The van der Waals surface area contributed by atoms with Crippen LogP contribution in [0.1, 0.15) is 72.8 Å². The number of piperidine rings is 1. The highest BCUT2D eigenvalue weighted by Crippen LogP contribution is 2.30. The van der Waals surface area contributed by atoms with Crippen LogP contribution in [-0.4, -0.2) is 37.5 Å². The minimum Gasteiger partial charge on any atom is -0.328 e. The Hall–Kier alpha value is -2.44. The van der Waals surface area contributed by atoms with Gasteiger partial charge in [-0.3, -0.25) is 14.7 Å². The summed E-state index contributed by atoms with van der Waals surface area (Å²) in [5.41, 5.74) is 0.929. The summed E-state index contributed by atoms with van der Waals surface area (Å²) in [4.78, 5) is 33.5. The molecule has 7 heteroatoms. The van der Waals surface area contributed by atoms with E-state index >= 15 is 0 Å². The van der Waals surface area contributed by atoms with Crippen molar-refractivity contribution in [1.82, 2.24) is 25.1 Å². The van der Waals surface area contributed by atoms with Crippen molar-refractivity contribution in [2.75, 3.05) is 6.54 Å². The summed E-state index contributed by atoms with van der Waals surface area (Å²) in [6, 6.07) is 2.89. The van der Waals surface area contributed by atoms with Gasteiger partial charge < -0.3 is 9.88 Å². The Bertz CT molecular complexity index is 792. The third kappa shape index (κ3) is 3.11. The highest BCUT2D eigenvalue weighted by Gasteiger charge is 2.31. The van der Waals surface area contributed by atoms with Gasteiger partial charge in [-0.15, -0.1) is 0 Å². The van der Waals surface area contributed by atoms with Crippen molar-refractivity contribution < 1.29 is 4.79 Å². The molecule has 7 nitrogen and oxygen atoms in total. The zero-order chi connectivity index (χ0) is 17.3. The zero-order valence-corrected chi connectivity index (χ0v) is 14.3. The van der Waals surface area contributed by atoms with E-state index < -0.39 is 0 Å². The number of aryl methyl sites for hydroxylation is 1. The molecule has 1 aliphatic heterocycles. The van der Waals surface area contributed by atoms with E-state index in [1.807, 2.05) is 18.7 Å². The van der Waals surface area contributed by atoms with Gasteiger partial charge in [0.2, 0.25) is 5.56 Å². The molecule has 2 aromatic rings. The predicted octanol–water partition coefficient (Wildman–Crippen LogP) is 2.29. The highest BCUT2D eigenvalue weighted by molar-refractivity contribution is 5.95. The molecule has 0 aliphatic carbocycles. The van der Waals surface area contributed by atoms with Crippen molar-refractivity contribution >= 4 is 5.91 Å². The Morgan fingerprint density at radius 1 is 1.33 bits per heavy atom. The minimum atomic E-state index is -0.198. The van der Waals surface area contributed by atoms with Gasteiger partial charge in [-0.1, -0.05) is 13.8 Å². The minimum absolute atomic E-state index is 0.0732. The number of rotatable bonds is 3. The summed E-state index contributed by atoms with van der Waals surface area (Å²) >= 11 is 0. The largest absolute Gasteiger partial charge is 0.328 e. The van der Waals surface area contributed by atoms with Crippen LogP contribution in [0.4, 0.5) is 0 Å². The van der Waals surface area contributed by atoms with Gasteiger partial charge in [0, 0.05) is 24.2 Å². The topological polar surface area (TPSA) is 94.7 Å². The maximum Gasteiger partial charge on any atom is 0.256 e. The van der Waals surface area contributed by atoms with Gasteiger partial charge >= 0.3 is 0 Å². The maximum absolute atomic E-state index is 13.0. The standard InChI is InChI=1S/C17H23N5O2/c1-10(2)15-19-16(21-20-15)13-6-4-5-9-22(13)17(24)12-7-8-14(23)18-11(12)3/h7-8,10,13H,4-6,9H2,1-3H3,(H,18,23)(H,19,20,21)/t13-/m1/s1. The van der Waals surface area contributed by atoms with Crippen molar-refractivity contribution in [1.29, 1.82) is 0 Å². The van der Waals surface area contributed by atoms with Crippen molar-refractivity contribution in [3.05, 3.63) is 45.4 Å². The van der Waals surface area contributed by atoms with Crippen LogP contribution in [0.25, 0.3) is 0 Å². The van der Waals surface area contributed by atoms with Crippen LogP contribution < -0.4 is 5.56 Å². The molecule has 0 aromatic carbocycles. The number of aromatic nitrogens is 4. The molecule has 0 unspecified atom stereocenters. The van der Waals surface area contributed by atoms with Crippen LogP contribution in [-0.2, 0) is 0 Å². The number of hydrogen-bond donors (Lipinski definition) is 2. The molecule has 1 atom stereocenters. The molecule has 0 bridgehead atoms. The molecule has 1 saturated heterocycles. The number of nitrogens with zero attached hydrogens (tertiary/aromatic N) is 3. The molecule has 0 spiro atoms. The molecule has 0 saturated carbocycles. The van der Waals surface area contributed by atoms with Crippen molar-refractivity contribution in [3.63, 3.8) is 0 Å². The normalized spacial score (nSPS) is 18.2. The molecule has 3 rings (SSSR count). The molecule has 1 amide bonds. The van der Waals surface area contributed by atoms with E-state index in [0.717, 1.165) is 30.9 Å². The number of likely N-dealkylation sites (tertiary alicyclic amines) is 1. The van der Waals surface area contributed by atoms with Crippen molar-refractivity contribution in [2.45, 2.75) is 52.0 Å². The third-order valence-corrected chi connectivity index (χ3v) is 4.46. The third-order valence-electron chi connectivity index (χ3n) is 4.46. The first-order chi connectivity index (χ1) is 11.5. The lowest BCUT2D eigenvalue weighted by molar-refractivity contribution is 0.0599. The second-order valence-corrected chi connectivity index (χ2v) is 6.60. The smallest absolute Gasteiger partial charge is 0.256 e. The van der Waals surface area contributed by atoms with Gasteiger partial charge in [-0.25, -0.2) is 4.98 Å². The molecular formula is C17H23N5O2. The van der Waals surface area contributed by atoms with Gasteiger partial charge in [-0.05, 0) is 32.3 Å². The predicted molar refractivity (Wildman–Crippen MR) is 89.9 cm³/mol. The summed E-state index contributed by atoms with van der Waals surface area (Å²) in [6.07, 6.45) is 2.88. The Balaban J connectivity index is 1.91. The molecule has 0 radical (unpaired) electrons. The summed E-state index contributed by atoms with van der Waals surface area (Å²) in [7, 11) is 0. The molecule has 2 N–H and O–H groups in total. The molecule has 1 fully saturated rings. The number of nitrogens with one attached hydrogen (secondary N) is 2.